The number of rotatable bonds is 3. The number of fused-ring (bicyclic) bond motifs is 6. The Morgan fingerprint density at radius 1 is 0.962 bits per heavy atom. The van der Waals surface area contributed by atoms with Crippen molar-refractivity contribution in [2.45, 2.75) is 6.42 Å². The molecule has 1 N–H and O–H groups in total. The van der Waals surface area contributed by atoms with Gasteiger partial charge in [-0.25, -0.2) is 0 Å². The number of benzene rings is 2. The van der Waals surface area contributed by atoms with E-state index in [-0.39, 0.29) is 47.9 Å². The van der Waals surface area contributed by atoms with Crippen LogP contribution in [-0.4, -0.2) is 29.2 Å². The van der Waals surface area contributed by atoms with Crippen LogP contribution in [0.5, 0.6) is 0 Å². The van der Waals surface area contributed by atoms with Gasteiger partial charge in [-0.05, 0) is 41.2 Å². The molecule has 0 aromatic heterocycles. The molecule has 2 aromatic carbocycles. The molecule has 5 nitrogen and oxygen atoms in total. The molecule has 130 valence electrons. The van der Waals surface area contributed by atoms with Gasteiger partial charge in [0, 0.05) is 5.69 Å². The van der Waals surface area contributed by atoms with Crippen molar-refractivity contribution in [2.24, 2.45) is 23.7 Å². The zero-order valence-corrected chi connectivity index (χ0v) is 14.1. The minimum Gasteiger partial charge on any atom is -0.325 e. The number of hydrogen-bond acceptors (Lipinski definition) is 3. The number of nitrogens with zero attached hydrogens (tertiary/aromatic N) is 1. The number of nitrogens with one attached hydrogen (secondary N) is 1. The molecule has 1 saturated heterocycles. The summed E-state index contributed by atoms with van der Waals surface area (Å²) in [6.45, 7) is -0.211. The monoisotopic (exact) mass is 346 g/mol. The number of carbonyl (C=O) groups is 3. The Morgan fingerprint density at radius 3 is 2.31 bits per heavy atom. The molecule has 2 aliphatic carbocycles. The van der Waals surface area contributed by atoms with Crippen LogP contribution in [-0.2, 0) is 14.4 Å². The van der Waals surface area contributed by atoms with Crippen molar-refractivity contribution in [2.75, 3.05) is 11.9 Å². The summed E-state index contributed by atoms with van der Waals surface area (Å²) >= 11 is 0. The molecular weight excluding hydrogens is 328 g/mol. The quantitative estimate of drug-likeness (QED) is 0.686. The summed E-state index contributed by atoms with van der Waals surface area (Å²) in [5.41, 5.74) is 0.662. The smallest absolute Gasteiger partial charge is 0.244 e. The van der Waals surface area contributed by atoms with E-state index < -0.39 is 0 Å². The van der Waals surface area contributed by atoms with Gasteiger partial charge in [0.25, 0.3) is 0 Å². The van der Waals surface area contributed by atoms with Crippen molar-refractivity contribution in [3.8, 4) is 0 Å². The lowest BCUT2D eigenvalue weighted by Crippen LogP contribution is -2.39. The second-order valence-corrected chi connectivity index (χ2v) is 7.37. The highest BCUT2D eigenvalue weighted by Gasteiger charge is 2.59. The van der Waals surface area contributed by atoms with Crippen molar-refractivity contribution in [3.05, 3.63) is 54.6 Å². The Morgan fingerprint density at radius 2 is 1.62 bits per heavy atom. The Kier molecular flexibility index (Phi) is 3.26. The molecule has 4 unspecified atom stereocenters. The highest BCUT2D eigenvalue weighted by molar-refractivity contribution is 6.09. The van der Waals surface area contributed by atoms with Gasteiger partial charge in [-0.1, -0.05) is 42.5 Å². The van der Waals surface area contributed by atoms with Gasteiger partial charge < -0.3 is 5.32 Å². The minimum absolute atomic E-state index is 0.162. The minimum atomic E-state index is -0.345. The van der Waals surface area contributed by atoms with Crippen LogP contribution in [0.1, 0.15) is 6.42 Å². The standard InChI is InChI=1S/C21H18N2O3/c24-17(22-16-8-7-12-3-1-2-4-13(12)10-16)11-23-20(25)18-14-5-6-15(9-14)19(18)21(23)26/h1-8,10,14-15,18-19H,9,11H2,(H,22,24). The third kappa shape index (κ3) is 2.20. The SMILES string of the molecule is O=C(CN1C(=O)C2C3C=CC(C3)C2C1=O)Nc1ccc2ccccc2c1. The zero-order valence-electron chi connectivity index (χ0n) is 14.1. The molecule has 3 amide bonds. The van der Waals surface area contributed by atoms with E-state index in [9.17, 15) is 14.4 Å². The first-order valence-electron chi connectivity index (χ1n) is 8.94. The van der Waals surface area contributed by atoms with Gasteiger partial charge in [-0.3, -0.25) is 19.3 Å². The second-order valence-electron chi connectivity index (χ2n) is 7.37. The van der Waals surface area contributed by atoms with Crippen LogP contribution < -0.4 is 5.32 Å². The number of allylic oxidation sites excluding steroid dienone is 2. The van der Waals surface area contributed by atoms with Crippen LogP contribution in [0.15, 0.2) is 54.6 Å². The number of hydrogen-bond donors (Lipinski definition) is 1. The Bertz CT molecular complexity index is 950. The molecule has 2 fully saturated rings. The highest BCUT2D eigenvalue weighted by atomic mass is 16.2. The average Bonchev–Trinajstić information content (AvgIpc) is 3.32. The van der Waals surface area contributed by atoms with Crippen molar-refractivity contribution in [3.63, 3.8) is 0 Å². The molecule has 0 radical (unpaired) electrons. The lowest BCUT2D eigenvalue weighted by Gasteiger charge is -2.17. The summed E-state index contributed by atoms with van der Waals surface area (Å²) in [5.74, 6) is -0.916. The maximum Gasteiger partial charge on any atom is 0.244 e. The molecule has 0 spiro atoms. The number of anilines is 1. The van der Waals surface area contributed by atoms with E-state index in [0.717, 1.165) is 22.1 Å². The van der Waals surface area contributed by atoms with E-state index in [0.29, 0.717) is 5.69 Å². The van der Waals surface area contributed by atoms with E-state index in [1.165, 1.54) is 0 Å². The second kappa shape index (κ2) is 5.53. The van der Waals surface area contributed by atoms with Crippen LogP contribution in [0.4, 0.5) is 5.69 Å². The van der Waals surface area contributed by atoms with E-state index >= 15 is 0 Å². The van der Waals surface area contributed by atoms with Gasteiger partial charge in [0.2, 0.25) is 17.7 Å². The van der Waals surface area contributed by atoms with Gasteiger partial charge in [0.1, 0.15) is 6.54 Å². The maximum atomic E-state index is 12.6. The average molecular weight is 346 g/mol. The van der Waals surface area contributed by atoms with Gasteiger partial charge >= 0.3 is 0 Å². The molecule has 2 bridgehead atoms. The fourth-order valence-electron chi connectivity index (χ4n) is 4.73. The number of imide groups is 1. The van der Waals surface area contributed by atoms with Crippen LogP contribution >= 0.6 is 0 Å². The predicted molar refractivity (Wildman–Crippen MR) is 97.0 cm³/mol. The summed E-state index contributed by atoms with van der Waals surface area (Å²) in [7, 11) is 0. The van der Waals surface area contributed by atoms with E-state index in [1.54, 1.807) is 0 Å². The molecule has 1 heterocycles. The first-order valence-corrected chi connectivity index (χ1v) is 8.94. The normalized spacial score (nSPS) is 28.8. The first-order chi connectivity index (χ1) is 12.6. The highest BCUT2D eigenvalue weighted by Crippen LogP contribution is 2.52. The molecule has 26 heavy (non-hydrogen) atoms. The molecule has 1 aliphatic heterocycles. The van der Waals surface area contributed by atoms with Crippen LogP contribution in [0.25, 0.3) is 10.8 Å². The largest absolute Gasteiger partial charge is 0.325 e. The van der Waals surface area contributed by atoms with Crippen LogP contribution in [0.3, 0.4) is 0 Å². The molecule has 5 heteroatoms. The zero-order chi connectivity index (χ0) is 17.8. The summed E-state index contributed by atoms with van der Waals surface area (Å²) in [6, 6.07) is 13.5. The summed E-state index contributed by atoms with van der Waals surface area (Å²) in [6.07, 6.45) is 5.00. The summed E-state index contributed by atoms with van der Waals surface area (Å²) in [5, 5.41) is 4.92. The Labute approximate surface area is 150 Å². The predicted octanol–water partition coefficient (Wildman–Crippen LogP) is 2.59. The number of carbonyl (C=O) groups excluding carboxylic acids is 3. The van der Waals surface area contributed by atoms with Gasteiger partial charge in [-0.15, -0.1) is 0 Å². The molecule has 1 saturated carbocycles. The molecular formula is C21H18N2O3. The fraction of sp³-hybridized carbons (Fsp3) is 0.286. The maximum absolute atomic E-state index is 12.6. The molecule has 2 aromatic rings. The van der Waals surface area contributed by atoms with Gasteiger partial charge in [0.15, 0.2) is 0 Å². The summed E-state index contributed by atoms with van der Waals surface area (Å²) < 4.78 is 0. The van der Waals surface area contributed by atoms with Crippen molar-refractivity contribution < 1.29 is 14.4 Å². The first kappa shape index (κ1) is 15.3. The topological polar surface area (TPSA) is 66.5 Å². The Balaban J connectivity index is 1.31. The van der Waals surface area contributed by atoms with Crippen LogP contribution in [0, 0.1) is 23.7 Å². The van der Waals surface area contributed by atoms with Crippen LogP contribution in [0.2, 0.25) is 0 Å². The van der Waals surface area contributed by atoms with E-state index in [4.69, 9.17) is 0 Å². The number of amides is 3. The summed E-state index contributed by atoms with van der Waals surface area (Å²) in [4.78, 5) is 38.9. The fourth-order valence-corrected chi connectivity index (χ4v) is 4.73. The van der Waals surface area contributed by atoms with Crippen molar-refractivity contribution >= 4 is 34.2 Å². The van der Waals surface area contributed by atoms with Crippen molar-refractivity contribution in [1.29, 1.82) is 0 Å². The number of likely N-dealkylation sites (tertiary alicyclic amines) is 1. The lowest BCUT2D eigenvalue weighted by molar-refractivity contribution is -0.143. The molecule has 5 rings (SSSR count). The van der Waals surface area contributed by atoms with Gasteiger partial charge in [0.05, 0.1) is 11.8 Å². The van der Waals surface area contributed by atoms with Gasteiger partial charge in [-0.2, -0.15) is 0 Å². The molecule has 3 aliphatic rings. The van der Waals surface area contributed by atoms with E-state index in [1.807, 2.05) is 42.5 Å². The van der Waals surface area contributed by atoms with Crippen molar-refractivity contribution in [1.82, 2.24) is 4.90 Å². The Hall–Kier alpha value is -2.95. The third-order valence-corrected chi connectivity index (χ3v) is 5.90. The van der Waals surface area contributed by atoms with E-state index in [2.05, 4.69) is 17.5 Å². The molecule has 4 atom stereocenters. The third-order valence-electron chi connectivity index (χ3n) is 5.90. The lowest BCUT2D eigenvalue weighted by atomic mass is 9.85.